The van der Waals surface area contributed by atoms with E-state index >= 15 is 0 Å². The Morgan fingerprint density at radius 1 is 1.21 bits per heavy atom. The van der Waals surface area contributed by atoms with Gasteiger partial charge in [-0.1, -0.05) is 6.07 Å². The van der Waals surface area contributed by atoms with E-state index in [2.05, 4.69) is 5.32 Å². The zero-order valence-electron chi connectivity index (χ0n) is 16.8. The summed E-state index contributed by atoms with van der Waals surface area (Å²) >= 11 is 0. The van der Waals surface area contributed by atoms with Gasteiger partial charge < -0.3 is 25.5 Å². The molecule has 154 valence electrons. The van der Waals surface area contributed by atoms with Gasteiger partial charge in [-0.2, -0.15) is 0 Å². The molecule has 0 bridgehead atoms. The van der Waals surface area contributed by atoms with Gasteiger partial charge in [0.1, 0.15) is 11.9 Å². The molecule has 1 aromatic carbocycles. The van der Waals surface area contributed by atoms with E-state index in [1.54, 1.807) is 6.07 Å². The minimum Gasteiger partial charge on any atom is -0.480 e. The largest absolute Gasteiger partial charge is 0.494 e. The summed E-state index contributed by atoms with van der Waals surface area (Å²) in [6, 6.07) is 3.37. The molecule has 2 rings (SSSR count). The summed E-state index contributed by atoms with van der Waals surface area (Å²) in [6.45, 7) is 7.95. The molecular formula is C19H28BFN2O5. The fourth-order valence-corrected chi connectivity index (χ4v) is 2.75. The number of amides is 1. The molecule has 1 saturated heterocycles. The van der Waals surface area contributed by atoms with Crippen molar-refractivity contribution in [3.63, 3.8) is 0 Å². The first-order chi connectivity index (χ1) is 12.9. The van der Waals surface area contributed by atoms with Crippen molar-refractivity contribution in [1.29, 1.82) is 0 Å². The molecule has 1 aliphatic heterocycles. The Morgan fingerprint density at radius 2 is 1.82 bits per heavy atom. The van der Waals surface area contributed by atoms with Crippen molar-refractivity contribution < 1.29 is 28.4 Å². The number of unbranched alkanes of at least 4 members (excludes halogenated alkanes) is 1. The van der Waals surface area contributed by atoms with Gasteiger partial charge in [-0.15, -0.1) is 0 Å². The summed E-state index contributed by atoms with van der Waals surface area (Å²) in [5.74, 6) is -2.23. The van der Waals surface area contributed by atoms with Crippen molar-refractivity contribution in [1.82, 2.24) is 5.32 Å². The fraction of sp³-hybridized carbons (Fsp3) is 0.579. The lowest BCUT2D eigenvalue weighted by molar-refractivity contribution is -0.138. The lowest BCUT2D eigenvalue weighted by atomic mass is 9.78. The van der Waals surface area contributed by atoms with Crippen LogP contribution in [0, 0.1) is 5.82 Å². The van der Waals surface area contributed by atoms with Crippen LogP contribution < -0.4 is 16.5 Å². The van der Waals surface area contributed by atoms with Gasteiger partial charge >= 0.3 is 13.1 Å². The first-order valence-corrected chi connectivity index (χ1v) is 9.36. The molecule has 1 atom stereocenters. The van der Waals surface area contributed by atoms with Crippen molar-refractivity contribution in [2.75, 3.05) is 6.54 Å². The minimum atomic E-state index is -1.05. The number of carbonyl (C=O) groups is 2. The molecule has 0 aromatic heterocycles. The van der Waals surface area contributed by atoms with E-state index in [-0.39, 0.29) is 5.56 Å². The van der Waals surface area contributed by atoms with E-state index in [1.807, 2.05) is 27.7 Å². The molecule has 9 heteroatoms. The summed E-state index contributed by atoms with van der Waals surface area (Å²) in [5, 5.41) is 11.3. The van der Waals surface area contributed by atoms with Crippen LogP contribution in [0.4, 0.5) is 4.39 Å². The average Bonchev–Trinajstić information content (AvgIpc) is 2.81. The zero-order chi connectivity index (χ0) is 21.1. The van der Waals surface area contributed by atoms with Crippen LogP contribution >= 0.6 is 0 Å². The van der Waals surface area contributed by atoms with E-state index in [9.17, 15) is 14.0 Å². The van der Waals surface area contributed by atoms with Crippen LogP contribution in [0.25, 0.3) is 0 Å². The molecular weight excluding hydrogens is 366 g/mol. The minimum absolute atomic E-state index is 0.0671. The Bertz CT molecular complexity index is 725. The Balaban J connectivity index is 1.90. The van der Waals surface area contributed by atoms with Crippen LogP contribution in [0.5, 0.6) is 0 Å². The number of carbonyl (C=O) groups excluding carboxylic acids is 1. The number of aliphatic carboxylic acids is 1. The first kappa shape index (κ1) is 22.3. The Morgan fingerprint density at radius 3 is 2.36 bits per heavy atom. The molecule has 1 fully saturated rings. The van der Waals surface area contributed by atoms with E-state index < -0.39 is 42.1 Å². The Hall–Kier alpha value is -1.97. The molecule has 7 nitrogen and oxygen atoms in total. The molecule has 0 radical (unpaired) electrons. The van der Waals surface area contributed by atoms with Gasteiger partial charge in [-0.25, -0.2) is 4.39 Å². The predicted octanol–water partition coefficient (Wildman–Crippen LogP) is 1.44. The van der Waals surface area contributed by atoms with Gasteiger partial charge in [-0.05, 0) is 64.6 Å². The maximum absolute atomic E-state index is 14.5. The number of benzene rings is 1. The van der Waals surface area contributed by atoms with Crippen LogP contribution in [0.1, 0.15) is 57.3 Å². The second-order valence-electron chi connectivity index (χ2n) is 8.02. The number of carboxylic acid groups (broad SMARTS) is 1. The summed E-state index contributed by atoms with van der Waals surface area (Å²) in [6.07, 6.45) is 1.43. The number of nitrogens with two attached hydrogens (primary N) is 1. The van der Waals surface area contributed by atoms with Crippen LogP contribution in [-0.2, 0) is 14.1 Å². The normalized spacial score (nSPS) is 18.7. The van der Waals surface area contributed by atoms with Crippen LogP contribution in [0.15, 0.2) is 18.2 Å². The summed E-state index contributed by atoms with van der Waals surface area (Å²) in [7, 11) is -0.699. The van der Waals surface area contributed by atoms with Crippen molar-refractivity contribution in [3.8, 4) is 0 Å². The monoisotopic (exact) mass is 394 g/mol. The molecule has 1 aliphatic rings. The summed E-state index contributed by atoms with van der Waals surface area (Å²) in [5.41, 5.74) is 4.79. The highest BCUT2D eigenvalue weighted by molar-refractivity contribution is 6.62. The van der Waals surface area contributed by atoms with E-state index in [1.165, 1.54) is 12.1 Å². The van der Waals surface area contributed by atoms with E-state index in [0.29, 0.717) is 31.3 Å². The number of rotatable bonds is 8. The maximum Gasteiger partial charge on any atom is 0.494 e. The van der Waals surface area contributed by atoms with Gasteiger partial charge in [0.05, 0.1) is 16.8 Å². The molecule has 1 aromatic rings. The maximum atomic E-state index is 14.5. The number of hydrogen-bond donors (Lipinski definition) is 3. The highest BCUT2D eigenvalue weighted by Crippen LogP contribution is 2.36. The molecule has 1 heterocycles. The SMILES string of the molecule is CC1(C)OB(c2ccc(C(=O)NCCCCC(N)C(=O)O)c(F)c2)OC1(C)C. The third-order valence-corrected chi connectivity index (χ3v) is 5.31. The zero-order valence-corrected chi connectivity index (χ0v) is 16.8. The second-order valence-corrected chi connectivity index (χ2v) is 8.02. The highest BCUT2D eigenvalue weighted by Gasteiger charge is 2.51. The molecule has 1 amide bonds. The molecule has 4 N–H and O–H groups in total. The molecule has 28 heavy (non-hydrogen) atoms. The van der Waals surface area contributed by atoms with Gasteiger partial charge in [0.25, 0.3) is 5.91 Å². The smallest absolute Gasteiger partial charge is 0.480 e. The average molecular weight is 394 g/mol. The quantitative estimate of drug-likeness (QED) is 0.455. The van der Waals surface area contributed by atoms with Crippen molar-refractivity contribution >= 4 is 24.5 Å². The number of hydrogen-bond acceptors (Lipinski definition) is 5. The van der Waals surface area contributed by atoms with Crippen LogP contribution in [0.3, 0.4) is 0 Å². The lowest BCUT2D eigenvalue weighted by Crippen LogP contribution is -2.41. The third-order valence-electron chi connectivity index (χ3n) is 5.31. The first-order valence-electron chi connectivity index (χ1n) is 9.36. The molecule has 0 spiro atoms. The van der Waals surface area contributed by atoms with E-state index in [4.69, 9.17) is 20.1 Å². The Kier molecular flexibility index (Phi) is 6.85. The van der Waals surface area contributed by atoms with Crippen molar-refractivity contribution in [2.45, 2.75) is 64.2 Å². The second kappa shape index (κ2) is 8.59. The van der Waals surface area contributed by atoms with Crippen molar-refractivity contribution in [3.05, 3.63) is 29.6 Å². The van der Waals surface area contributed by atoms with Crippen molar-refractivity contribution in [2.24, 2.45) is 5.73 Å². The predicted molar refractivity (Wildman–Crippen MR) is 104 cm³/mol. The topological polar surface area (TPSA) is 111 Å². The van der Waals surface area contributed by atoms with E-state index in [0.717, 1.165) is 0 Å². The standard InChI is InChI=1S/C19H28BFN2O5/c1-18(2)19(3,4)28-20(27-18)12-8-9-13(14(21)11-12)16(24)23-10-6-5-7-15(22)17(25)26/h8-9,11,15H,5-7,10,22H2,1-4H3,(H,23,24)(H,25,26). The van der Waals surface area contributed by atoms with Gasteiger partial charge in [-0.3, -0.25) is 9.59 Å². The summed E-state index contributed by atoms with van der Waals surface area (Å²) < 4.78 is 26.2. The number of carboxylic acids is 1. The molecule has 0 saturated carbocycles. The van der Waals surface area contributed by atoms with Crippen LogP contribution in [0.2, 0.25) is 0 Å². The molecule has 0 aliphatic carbocycles. The third kappa shape index (κ3) is 5.09. The van der Waals surface area contributed by atoms with Crippen LogP contribution in [-0.4, -0.2) is 47.9 Å². The lowest BCUT2D eigenvalue weighted by Gasteiger charge is -2.32. The number of nitrogens with one attached hydrogen (secondary N) is 1. The van der Waals surface area contributed by atoms with Gasteiger partial charge in [0, 0.05) is 6.54 Å². The van der Waals surface area contributed by atoms with Gasteiger partial charge in [0.2, 0.25) is 0 Å². The Labute approximate surface area is 164 Å². The summed E-state index contributed by atoms with van der Waals surface area (Å²) in [4.78, 5) is 22.8. The molecule has 1 unspecified atom stereocenters. The number of halogens is 1. The highest BCUT2D eigenvalue weighted by atomic mass is 19.1. The van der Waals surface area contributed by atoms with Gasteiger partial charge in [0.15, 0.2) is 0 Å². The fourth-order valence-electron chi connectivity index (χ4n) is 2.75.